The van der Waals surface area contributed by atoms with Crippen LogP contribution < -0.4 is 10.6 Å². The molecule has 0 radical (unpaired) electrons. The molecule has 0 spiro atoms. The number of ether oxygens (including phenoxy) is 3. The van der Waals surface area contributed by atoms with Gasteiger partial charge in [0.05, 0.1) is 0 Å². The van der Waals surface area contributed by atoms with Gasteiger partial charge in [-0.2, -0.15) is 11.8 Å². The first-order valence-corrected chi connectivity index (χ1v) is 11.0. The van der Waals surface area contributed by atoms with Gasteiger partial charge in [0.15, 0.2) is 11.9 Å². The first-order valence-electron chi connectivity index (χ1n) is 9.85. The number of amides is 2. The van der Waals surface area contributed by atoms with E-state index in [-0.39, 0.29) is 11.3 Å². The van der Waals surface area contributed by atoms with Gasteiger partial charge < -0.3 is 30.0 Å². The summed E-state index contributed by atoms with van der Waals surface area (Å²) in [5, 5.41) is 16.4. The van der Waals surface area contributed by atoms with Crippen molar-refractivity contribution in [3.05, 3.63) is 12.2 Å². The number of nitrogens with one attached hydrogen (secondary N) is 2. The van der Waals surface area contributed by atoms with Gasteiger partial charge in [0.2, 0.25) is 5.91 Å². The SMILES string of the molecule is CO[C@@H](C(=O)NC1CSCCNC1=O)[C@@H]1OC(C)(C)O[C@H](C=CC(C)(C)C)[C@@H]1O. The van der Waals surface area contributed by atoms with Crippen LogP contribution in [0, 0.1) is 5.41 Å². The number of aliphatic hydroxyl groups excluding tert-OH is 1. The van der Waals surface area contributed by atoms with Gasteiger partial charge in [0.1, 0.15) is 24.4 Å². The highest BCUT2D eigenvalue weighted by Crippen LogP contribution is 2.31. The van der Waals surface area contributed by atoms with Crippen molar-refractivity contribution < 1.29 is 28.9 Å². The van der Waals surface area contributed by atoms with E-state index in [1.165, 1.54) is 7.11 Å². The predicted molar refractivity (Wildman–Crippen MR) is 111 cm³/mol. The summed E-state index contributed by atoms with van der Waals surface area (Å²) >= 11 is 1.59. The van der Waals surface area contributed by atoms with Crippen LogP contribution in [0.2, 0.25) is 0 Å². The minimum absolute atomic E-state index is 0.0937. The fraction of sp³-hybridized carbons (Fsp3) is 0.800. The molecular weight excluding hydrogens is 396 g/mol. The highest BCUT2D eigenvalue weighted by atomic mass is 32.2. The number of allylic oxidation sites excluding steroid dienone is 1. The van der Waals surface area contributed by atoms with Gasteiger partial charge in [-0.1, -0.05) is 32.9 Å². The van der Waals surface area contributed by atoms with Gasteiger partial charge in [0, 0.05) is 25.2 Å². The Labute approximate surface area is 177 Å². The molecule has 3 N–H and O–H groups in total. The van der Waals surface area contributed by atoms with Gasteiger partial charge in [-0.15, -0.1) is 0 Å². The van der Waals surface area contributed by atoms with Crippen LogP contribution in [-0.4, -0.2) is 78.3 Å². The molecule has 0 aromatic heterocycles. The molecule has 5 atom stereocenters. The molecule has 0 aromatic rings. The summed E-state index contributed by atoms with van der Waals surface area (Å²) in [6.45, 7) is 10.1. The molecule has 0 saturated carbocycles. The second-order valence-electron chi connectivity index (χ2n) is 8.86. The van der Waals surface area contributed by atoms with E-state index < -0.39 is 42.2 Å². The predicted octanol–water partition coefficient (Wildman–Crippen LogP) is 0.833. The molecule has 0 aliphatic carbocycles. The highest BCUT2D eigenvalue weighted by molar-refractivity contribution is 7.99. The van der Waals surface area contributed by atoms with Crippen molar-refractivity contribution in [2.24, 2.45) is 5.41 Å². The van der Waals surface area contributed by atoms with Crippen molar-refractivity contribution in [3.8, 4) is 0 Å². The average Bonchev–Trinajstić information content (AvgIpc) is 2.80. The zero-order valence-corrected chi connectivity index (χ0v) is 18.9. The molecule has 2 fully saturated rings. The van der Waals surface area contributed by atoms with E-state index in [2.05, 4.69) is 10.6 Å². The number of carbonyl (C=O) groups is 2. The van der Waals surface area contributed by atoms with Crippen molar-refractivity contribution in [1.29, 1.82) is 0 Å². The maximum Gasteiger partial charge on any atom is 0.252 e. The minimum atomic E-state index is -1.12. The van der Waals surface area contributed by atoms with E-state index in [0.29, 0.717) is 12.3 Å². The van der Waals surface area contributed by atoms with Crippen LogP contribution in [0.3, 0.4) is 0 Å². The Bertz CT molecular complexity index is 619. The topological polar surface area (TPSA) is 106 Å². The Morgan fingerprint density at radius 1 is 1.41 bits per heavy atom. The Morgan fingerprint density at radius 2 is 2.10 bits per heavy atom. The van der Waals surface area contributed by atoms with Crippen LogP contribution in [0.15, 0.2) is 12.2 Å². The van der Waals surface area contributed by atoms with Gasteiger partial charge in [-0.25, -0.2) is 0 Å². The lowest BCUT2D eigenvalue weighted by atomic mass is 9.93. The Balaban J connectivity index is 2.17. The first kappa shape index (κ1) is 24.1. The maximum absolute atomic E-state index is 12.9. The van der Waals surface area contributed by atoms with E-state index in [1.54, 1.807) is 31.7 Å². The zero-order valence-electron chi connectivity index (χ0n) is 18.1. The van der Waals surface area contributed by atoms with Crippen LogP contribution >= 0.6 is 11.8 Å². The first-order chi connectivity index (χ1) is 13.4. The quantitative estimate of drug-likeness (QED) is 0.555. The molecule has 29 heavy (non-hydrogen) atoms. The van der Waals surface area contributed by atoms with Crippen LogP contribution in [0.5, 0.6) is 0 Å². The Morgan fingerprint density at radius 3 is 2.72 bits per heavy atom. The number of aliphatic hydroxyl groups is 1. The highest BCUT2D eigenvalue weighted by Gasteiger charge is 2.47. The summed E-state index contributed by atoms with van der Waals surface area (Å²) < 4.78 is 17.1. The van der Waals surface area contributed by atoms with E-state index in [9.17, 15) is 14.7 Å². The lowest BCUT2D eigenvalue weighted by Gasteiger charge is -2.45. The van der Waals surface area contributed by atoms with Crippen molar-refractivity contribution in [2.45, 2.75) is 70.9 Å². The van der Waals surface area contributed by atoms with Gasteiger partial charge in [-0.3, -0.25) is 9.59 Å². The summed E-state index contributed by atoms with van der Waals surface area (Å²) in [6.07, 6.45) is -0.0876. The van der Waals surface area contributed by atoms with Crippen molar-refractivity contribution >= 4 is 23.6 Å². The maximum atomic E-state index is 12.9. The summed E-state index contributed by atoms with van der Waals surface area (Å²) in [7, 11) is 1.38. The number of carbonyl (C=O) groups excluding carboxylic acids is 2. The summed E-state index contributed by atoms with van der Waals surface area (Å²) in [5.41, 5.74) is -0.0937. The standard InChI is InChI=1S/C20H34N2O6S/c1-19(2,3)8-7-13-14(23)15(28-20(4,5)27-13)16(26-6)18(25)22-12-11-29-10-9-21-17(12)24/h7-8,12-16,23H,9-11H2,1-6H3,(H,21,24)(H,22,25)/t12?,13-,14+,15-,16-/m1/s1. The molecule has 2 rings (SSSR count). The molecule has 0 aromatic carbocycles. The number of thioether (sulfide) groups is 1. The molecule has 2 heterocycles. The van der Waals surface area contributed by atoms with E-state index in [1.807, 2.05) is 26.8 Å². The molecule has 2 aliphatic rings. The Hall–Kier alpha value is -1.13. The molecular formula is C20H34N2O6S. The van der Waals surface area contributed by atoms with Crippen molar-refractivity contribution in [2.75, 3.05) is 25.2 Å². The van der Waals surface area contributed by atoms with Crippen molar-refractivity contribution in [3.63, 3.8) is 0 Å². The molecule has 0 bridgehead atoms. The van der Waals surface area contributed by atoms with Crippen LogP contribution in [-0.2, 0) is 23.8 Å². The molecule has 8 nitrogen and oxygen atoms in total. The second-order valence-corrected chi connectivity index (χ2v) is 10.0. The molecule has 2 saturated heterocycles. The third kappa shape index (κ3) is 6.96. The van der Waals surface area contributed by atoms with Gasteiger partial charge in [0.25, 0.3) is 5.91 Å². The number of hydrogen-bond acceptors (Lipinski definition) is 7. The summed E-state index contributed by atoms with van der Waals surface area (Å²) in [4.78, 5) is 25.1. The lowest BCUT2D eigenvalue weighted by Crippen LogP contribution is -2.62. The fourth-order valence-corrected chi connectivity index (χ4v) is 4.07. The van der Waals surface area contributed by atoms with Crippen LogP contribution in [0.4, 0.5) is 0 Å². The zero-order chi connectivity index (χ0) is 21.8. The summed E-state index contributed by atoms with van der Waals surface area (Å²) in [6, 6.07) is -0.658. The average molecular weight is 431 g/mol. The number of hydrogen-bond donors (Lipinski definition) is 3. The van der Waals surface area contributed by atoms with Gasteiger partial charge in [-0.05, 0) is 19.3 Å². The smallest absolute Gasteiger partial charge is 0.252 e. The molecule has 166 valence electrons. The van der Waals surface area contributed by atoms with Gasteiger partial charge >= 0.3 is 0 Å². The van der Waals surface area contributed by atoms with E-state index in [4.69, 9.17) is 14.2 Å². The number of methoxy groups -OCH3 is 1. The van der Waals surface area contributed by atoms with E-state index in [0.717, 1.165) is 5.75 Å². The minimum Gasteiger partial charge on any atom is -0.387 e. The Kier molecular flexibility index (Phi) is 8.15. The molecule has 2 amide bonds. The monoisotopic (exact) mass is 430 g/mol. The van der Waals surface area contributed by atoms with Crippen molar-refractivity contribution in [1.82, 2.24) is 10.6 Å². The molecule has 2 aliphatic heterocycles. The van der Waals surface area contributed by atoms with Crippen LogP contribution in [0.1, 0.15) is 34.6 Å². The summed E-state index contributed by atoms with van der Waals surface area (Å²) in [5.74, 6) is -0.478. The third-order valence-electron chi connectivity index (χ3n) is 4.57. The largest absolute Gasteiger partial charge is 0.387 e. The van der Waals surface area contributed by atoms with Crippen LogP contribution in [0.25, 0.3) is 0 Å². The molecule has 1 unspecified atom stereocenters. The van der Waals surface area contributed by atoms with E-state index >= 15 is 0 Å². The fourth-order valence-electron chi connectivity index (χ4n) is 3.19. The molecule has 9 heteroatoms. The lowest BCUT2D eigenvalue weighted by molar-refractivity contribution is -0.334. The normalized spacial score (nSPS) is 31.8. The number of rotatable bonds is 5. The second kappa shape index (κ2) is 9.78. The third-order valence-corrected chi connectivity index (χ3v) is 5.63.